The first-order chi connectivity index (χ1) is 9.24. The first kappa shape index (κ1) is 12.5. The lowest BCUT2D eigenvalue weighted by molar-refractivity contribution is 0.0851. The summed E-state index contributed by atoms with van der Waals surface area (Å²) in [4.78, 5) is 13.7. The molecule has 0 aromatic heterocycles. The van der Waals surface area contributed by atoms with Gasteiger partial charge in [-0.05, 0) is 24.8 Å². The van der Waals surface area contributed by atoms with E-state index >= 15 is 0 Å². The number of fused-ring (bicyclic) bond motifs is 1. The van der Waals surface area contributed by atoms with Crippen LogP contribution in [-0.2, 0) is 16.1 Å². The Labute approximate surface area is 113 Å². The van der Waals surface area contributed by atoms with Crippen molar-refractivity contribution in [2.75, 3.05) is 7.05 Å². The van der Waals surface area contributed by atoms with Gasteiger partial charge in [-0.25, -0.2) is 4.79 Å². The van der Waals surface area contributed by atoms with Gasteiger partial charge >= 0.3 is 6.09 Å². The zero-order valence-electron chi connectivity index (χ0n) is 11.1. The summed E-state index contributed by atoms with van der Waals surface area (Å²) < 4.78 is 10.8. The summed E-state index contributed by atoms with van der Waals surface area (Å²) in [6.07, 6.45) is 3.62. The van der Waals surface area contributed by atoms with Crippen LogP contribution < -0.4 is 0 Å². The number of epoxide rings is 1. The summed E-state index contributed by atoms with van der Waals surface area (Å²) in [7, 11) is 1.82. The largest absolute Gasteiger partial charge is 0.445 e. The number of carbonyl (C=O) groups excluding carboxylic acids is 1. The number of carbonyl (C=O) groups is 1. The highest BCUT2D eigenvalue weighted by Gasteiger charge is 2.45. The molecule has 1 aromatic carbocycles. The fourth-order valence-electron chi connectivity index (χ4n) is 2.71. The van der Waals surface area contributed by atoms with Crippen LogP contribution in [0, 0.1) is 0 Å². The van der Waals surface area contributed by atoms with Gasteiger partial charge in [0.1, 0.15) is 6.61 Å². The fourth-order valence-corrected chi connectivity index (χ4v) is 2.71. The second kappa shape index (κ2) is 5.21. The molecule has 1 aromatic rings. The lowest BCUT2D eigenvalue weighted by atomic mass is 9.95. The average Bonchev–Trinajstić information content (AvgIpc) is 3.23. The van der Waals surface area contributed by atoms with E-state index in [1.54, 1.807) is 4.90 Å². The van der Waals surface area contributed by atoms with Crippen molar-refractivity contribution in [3.63, 3.8) is 0 Å². The Bertz CT molecular complexity index is 448. The third-order valence-electron chi connectivity index (χ3n) is 4.02. The Kier molecular flexibility index (Phi) is 3.42. The van der Waals surface area contributed by atoms with Crippen LogP contribution in [0.3, 0.4) is 0 Å². The highest BCUT2D eigenvalue weighted by molar-refractivity contribution is 5.67. The Balaban J connectivity index is 1.49. The molecular formula is C15H19NO3. The van der Waals surface area contributed by atoms with E-state index in [0.29, 0.717) is 18.8 Å². The molecule has 0 spiro atoms. The molecule has 0 radical (unpaired) electrons. The highest BCUT2D eigenvalue weighted by atomic mass is 16.6. The summed E-state index contributed by atoms with van der Waals surface area (Å²) >= 11 is 0. The van der Waals surface area contributed by atoms with Gasteiger partial charge in [0.25, 0.3) is 0 Å². The van der Waals surface area contributed by atoms with Gasteiger partial charge in [-0.3, -0.25) is 0 Å². The summed E-state index contributed by atoms with van der Waals surface area (Å²) in [5.41, 5.74) is 1.01. The molecule has 2 fully saturated rings. The molecule has 2 aliphatic rings. The zero-order chi connectivity index (χ0) is 13.2. The number of nitrogens with zero attached hydrogens (tertiary/aromatic N) is 1. The van der Waals surface area contributed by atoms with Gasteiger partial charge in [0, 0.05) is 13.1 Å². The van der Waals surface area contributed by atoms with Crippen molar-refractivity contribution in [3.05, 3.63) is 35.9 Å². The molecule has 1 aliphatic carbocycles. The van der Waals surface area contributed by atoms with Gasteiger partial charge in [0.05, 0.1) is 12.2 Å². The van der Waals surface area contributed by atoms with E-state index in [4.69, 9.17) is 9.47 Å². The molecule has 4 heteroatoms. The number of hydrogen-bond acceptors (Lipinski definition) is 3. The van der Waals surface area contributed by atoms with E-state index in [0.717, 1.165) is 24.8 Å². The Morgan fingerprint density at radius 3 is 2.84 bits per heavy atom. The molecule has 0 bridgehead atoms. The Hall–Kier alpha value is -1.55. The molecule has 1 saturated heterocycles. The lowest BCUT2D eigenvalue weighted by Gasteiger charge is -2.28. The van der Waals surface area contributed by atoms with Crippen molar-refractivity contribution in [2.24, 2.45) is 0 Å². The number of ether oxygens (including phenoxy) is 2. The standard InChI is InChI=1S/C15H19NO3/c1-16(12-7-8-13-14(9-12)19-13)15(17)18-10-11-5-3-2-4-6-11/h2-6,12-14H,7-10H2,1H3. The van der Waals surface area contributed by atoms with Crippen LogP contribution in [0.25, 0.3) is 0 Å². The van der Waals surface area contributed by atoms with E-state index in [9.17, 15) is 4.79 Å². The van der Waals surface area contributed by atoms with E-state index in [-0.39, 0.29) is 12.1 Å². The zero-order valence-corrected chi connectivity index (χ0v) is 11.1. The normalized spacial score (nSPS) is 28.4. The predicted octanol–water partition coefficient (Wildman–Crippen LogP) is 2.57. The van der Waals surface area contributed by atoms with Crippen molar-refractivity contribution >= 4 is 6.09 Å². The fraction of sp³-hybridized carbons (Fsp3) is 0.533. The van der Waals surface area contributed by atoms with Crippen LogP contribution in [0.15, 0.2) is 30.3 Å². The van der Waals surface area contributed by atoms with Crippen LogP contribution in [0.5, 0.6) is 0 Å². The molecule has 1 amide bonds. The van der Waals surface area contributed by atoms with Gasteiger partial charge in [-0.2, -0.15) is 0 Å². The maximum Gasteiger partial charge on any atom is 0.410 e. The maximum absolute atomic E-state index is 12.0. The highest BCUT2D eigenvalue weighted by Crippen LogP contribution is 2.38. The third-order valence-corrected chi connectivity index (χ3v) is 4.02. The molecule has 3 rings (SSSR count). The molecule has 3 unspecified atom stereocenters. The lowest BCUT2D eigenvalue weighted by Crippen LogP contribution is -2.40. The van der Waals surface area contributed by atoms with Crippen LogP contribution in [0.1, 0.15) is 24.8 Å². The van der Waals surface area contributed by atoms with Crippen LogP contribution in [0.2, 0.25) is 0 Å². The average molecular weight is 261 g/mol. The molecule has 3 atom stereocenters. The number of benzene rings is 1. The van der Waals surface area contributed by atoms with Gasteiger partial charge in [0.15, 0.2) is 0 Å². The third kappa shape index (κ3) is 2.89. The van der Waals surface area contributed by atoms with Crippen molar-refractivity contribution < 1.29 is 14.3 Å². The van der Waals surface area contributed by atoms with Crippen LogP contribution >= 0.6 is 0 Å². The van der Waals surface area contributed by atoms with E-state index in [2.05, 4.69) is 0 Å². The predicted molar refractivity (Wildman–Crippen MR) is 70.7 cm³/mol. The van der Waals surface area contributed by atoms with E-state index in [1.165, 1.54) is 0 Å². The molecule has 4 nitrogen and oxygen atoms in total. The molecule has 0 N–H and O–H groups in total. The molecule has 1 aliphatic heterocycles. The van der Waals surface area contributed by atoms with Crippen molar-refractivity contribution in [1.82, 2.24) is 4.90 Å². The van der Waals surface area contributed by atoms with Crippen molar-refractivity contribution in [1.29, 1.82) is 0 Å². The smallest absolute Gasteiger partial charge is 0.410 e. The first-order valence-corrected chi connectivity index (χ1v) is 6.83. The summed E-state index contributed by atoms with van der Waals surface area (Å²) in [6, 6.07) is 10.0. The molecule has 1 heterocycles. The topological polar surface area (TPSA) is 42.1 Å². The summed E-state index contributed by atoms with van der Waals surface area (Å²) in [6.45, 7) is 0.333. The van der Waals surface area contributed by atoms with Gasteiger partial charge in [-0.15, -0.1) is 0 Å². The SMILES string of the molecule is CN(C(=O)OCc1ccccc1)C1CCC2OC2C1. The number of amides is 1. The Morgan fingerprint density at radius 1 is 1.32 bits per heavy atom. The minimum Gasteiger partial charge on any atom is -0.445 e. The molecule has 102 valence electrons. The monoisotopic (exact) mass is 261 g/mol. The van der Waals surface area contributed by atoms with Crippen molar-refractivity contribution in [2.45, 2.75) is 44.1 Å². The summed E-state index contributed by atoms with van der Waals surface area (Å²) in [5.74, 6) is 0. The molecule has 19 heavy (non-hydrogen) atoms. The maximum atomic E-state index is 12.0. The first-order valence-electron chi connectivity index (χ1n) is 6.83. The van der Waals surface area contributed by atoms with E-state index in [1.807, 2.05) is 37.4 Å². The quantitative estimate of drug-likeness (QED) is 0.785. The van der Waals surface area contributed by atoms with Crippen molar-refractivity contribution in [3.8, 4) is 0 Å². The van der Waals surface area contributed by atoms with E-state index < -0.39 is 0 Å². The number of rotatable bonds is 3. The second-order valence-corrected chi connectivity index (χ2v) is 5.33. The molecule has 1 saturated carbocycles. The Morgan fingerprint density at radius 2 is 2.11 bits per heavy atom. The van der Waals surface area contributed by atoms with Gasteiger partial charge < -0.3 is 14.4 Å². The number of hydrogen-bond donors (Lipinski definition) is 0. The minimum absolute atomic E-state index is 0.243. The molecular weight excluding hydrogens is 242 g/mol. The second-order valence-electron chi connectivity index (χ2n) is 5.33. The summed E-state index contributed by atoms with van der Waals surface area (Å²) in [5, 5.41) is 0. The van der Waals surface area contributed by atoms with Crippen LogP contribution in [0.4, 0.5) is 4.79 Å². The van der Waals surface area contributed by atoms with Gasteiger partial charge in [-0.1, -0.05) is 30.3 Å². The van der Waals surface area contributed by atoms with Crippen LogP contribution in [-0.4, -0.2) is 36.3 Å². The van der Waals surface area contributed by atoms with Gasteiger partial charge in [0.2, 0.25) is 0 Å². The minimum atomic E-state index is -0.243.